The first-order chi connectivity index (χ1) is 10.8. The van der Waals surface area contributed by atoms with Crippen molar-refractivity contribution in [2.24, 2.45) is 0 Å². The van der Waals surface area contributed by atoms with Crippen molar-refractivity contribution >= 4 is 38.9 Å². The second kappa shape index (κ2) is 7.45. The first kappa shape index (κ1) is 18.0. The van der Waals surface area contributed by atoms with Gasteiger partial charge in [-0.25, -0.2) is 0 Å². The molecule has 2 N–H and O–H groups in total. The van der Waals surface area contributed by atoms with Gasteiger partial charge in [0.25, 0.3) is 0 Å². The molecule has 0 aliphatic carbocycles. The molecule has 1 atom stereocenters. The maximum absolute atomic E-state index is 5.40. The monoisotopic (exact) mass is 390 g/mol. The van der Waals surface area contributed by atoms with Crippen molar-refractivity contribution in [3.05, 3.63) is 64.1 Å². The molecule has 2 aromatic carbocycles. The number of halogens is 1. The number of nitrogens with one attached hydrogen (secondary N) is 2. The average molecular weight is 391 g/mol. The predicted molar refractivity (Wildman–Crippen MR) is 107 cm³/mol. The maximum Gasteiger partial charge on any atom is 0.171 e. The van der Waals surface area contributed by atoms with E-state index in [0.29, 0.717) is 5.11 Å². The van der Waals surface area contributed by atoms with Gasteiger partial charge in [0.05, 0.1) is 6.04 Å². The summed E-state index contributed by atoms with van der Waals surface area (Å²) < 4.78 is 1.05. The van der Waals surface area contributed by atoms with Gasteiger partial charge in [0.15, 0.2) is 5.11 Å². The van der Waals surface area contributed by atoms with E-state index in [0.717, 1.165) is 10.2 Å². The summed E-state index contributed by atoms with van der Waals surface area (Å²) in [5, 5.41) is 7.16. The van der Waals surface area contributed by atoms with Crippen LogP contribution in [-0.2, 0) is 5.41 Å². The third kappa shape index (κ3) is 5.33. The predicted octanol–water partition coefficient (Wildman–Crippen LogP) is 5.79. The maximum atomic E-state index is 5.40. The highest BCUT2D eigenvalue weighted by Gasteiger charge is 2.14. The average Bonchev–Trinajstić information content (AvgIpc) is 2.49. The summed E-state index contributed by atoms with van der Waals surface area (Å²) in [6.45, 7) is 8.78. The van der Waals surface area contributed by atoms with Crippen molar-refractivity contribution in [2.75, 3.05) is 5.32 Å². The molecule has 23 heavy (non-hydrogen) atoms. The van der Waals surface area contributed by atoms with Crippen LogP contribution in [0.25, 0.3) is 0 Å². The van der Waals surface area contributed by atoms with E-state index in [9.17, 15) is 0 Å². The van der Waals surface area contributed by atoms with E-state index >= 15 is 0 Å². The Morgan fingerprint density at radius 3 is 2.09 bits per heavy atom. The van der Waals surface area contributed by atoms with Gasteiger partial charge in [0.2, 0.25) is 0 Å². The first-order valence-corrected chi connectivity index (χ1v) is 8.89. The number of benzene rings is 2. The highest BCUT2D eigenvalue weighted by Crippen LogP contribution is 2.24. The summed E-state index contributed by atoms with van der Waals surface area (Å²) in [5.41, 5.74) is 3.70. The highest BCUT2D eigenvalue weighted by molar-refractivity contribution is 9.10. The molecule has 0 saturated heterocycles. The van der Waals surface area contributed by atoms with Crippen molar-refractivity contribution in [2.45, 2.75) is 39.2 Å². The zero-order chi connectivity index (χ0) is 17.0. The van der Waals surface area contributed by atoms with Crippen LogP contribution in [0.2, 0.25) is 0 Å². The normalized spacial score (nSPS) is 12.6. The molecule has 0 aliphatic rings. The van der Waals surface area contributed by atoms with Gasteiger partial charge in [-0.2, -0.15) is 0 Å². The Balaban J connectivity index is 1.96. The van der Waals surface area contributed by atoms with Gasteiger partial charge < -0.3 is 10.6 Å². The first-order valence-electron chi connectivity index (χ1n) is 7.69. The van der Waals surface area contributed by atoms with E-state index in [2.05, 4.69) is 78.5 Å². The third-order valence-electron chi connectivity index (χ3n) is 3.73. The smallest absolute Gasteiger partial charge is 0.171 e. The fourth-order valence-electron chi connectivity index (χ4n) is 2.25. The quantitative estimate of drug-likeness (QED) is 0.647. The zero-order valence-corrected chi connectivity index (χ0v) is 16.4. The van der Waals surface area contributed by atoms with Crippen LogP contribution in [-0.4, -0.2) is 5.11 Å². The topological polar surface area (TPSA) is 24.1 Å². The Kier molecular flexibility index (Phi) is 5.82. The van der Waals surface area contributed by atoms with Gasteiger partial charge in [-0.3, -0.25) is 0 Å². The Labute approximate surface area is 152 Å². The van der Waals surface area contributed by atoms with E-state index in [-0.39, 0.29) is 11.5 Å². The summed E-state index contributed by atoms with van der Waals surface area (Å²) in [7, 11) is 0. The highest BCUT2D eigenvalue weighted by atomic mass is 79.9. The summed E-state index contributed by atoms with van der Waals surface area (Å²) >= 11 is 8.82. The van der Waals surface area contributed by atoms with Gasteiger partial charge in [-0.05, 0) is 59.9 Å². The molecule has 4 heteroatoms. The summed E-state index contributed by atoms with van der Waals surface area (Å²) in [5.74, 6) is 0. The minimum Gasteiger partial charge on any atom is -0.356 e. The van der Waals surface area contributed by atoms with E-state index in [1.54, 1.807) is 0 Å². The second-order valence-electron chi connectivity index (χ2n) is 6.70. The van der Waals surface area contributed by atoms with Crippen LogP contribution in [0.4, 0.5) is 5.69 Å². The summed E-state index contributed by atoms with van der Waals surface area (Å²) in [4.78, 5) is 0. The van der Waals surface area contributed by atoms with Gasteiger partial charge >= 0.3 is 0 Å². The molecule has 0 unspecified atom stereocenters. The molecule has 0 fully saturated rings. The minimum absolute atomic E-state index is 0.152. The Morgan fingerprint density at radius 1 is 1.00 bits per heavy atom. The second-order valence-corrected chi connectivity index (χ2v) is 8.02. The van der Waals surface area contributed by atoms with Gasteiger partial charge in [0, 0.05) is 10.2 Å². The molecule has 0 aromatic heterocycles. The van der Waals surface area contributed by atoms with Crippen LogP contribution < -0.4 is 10.6 Å². The van der Waals surface area contributed by atoms with E-state index in [1.807, 2.05) is 24.3 Å². The number of rotatable bonds is 3. The van der Waals surface area contributed by atoms with Gasteiger partial charge in [-0.1, -0.05) is 61.0 Å². The molecule has 0 amide bonds. The fraction of sp³-hybridized carbons (Fsp3) is 0.316. The van der Waals surface area contributed by atoms with E-state index < -0.39 is 0 Å². The molecule has 0 saturated carbocycles. The molecule has 0 radical (unpaired) electrons. The van der Waals surface area contributed by atoms with Crippen LogP contribution in [0.1, 0.15) is 44.9 Å². The lowest BCUT2D eigenvalue weighted by atomic mass is 9.86. The van der Waals surface area contributed by atoms with Crippen molar-refractivity contribution in [1.82, 2.24) is 5.32 Å². The van der Waals surface area contributed by atoms with Crippen molar-refractivity contribution in [3.63, 3.8) is 0 Å². The lowest BCUT2D eigenvalue weighted by molar-refractivity contribution is 0.589. The van der Waals surface area contributed by atoms with Crippen LogP contribution in [0, 0.1) is 0 Å². The molecule has 2 rings (SSSR count). The molecule has 0 aliphatic heterocycles. The zero-order valence-electron chi connectivity index (χ0n) is 14.0. The molecule has 0 spiro atoms. The van der Waals surface area contributed by atoms with E-state index in [4.69, 9.17) is 12.2 Å². The lowest BCUT2D eigenvalue weighted by Gasteiger charge is -2.21. The number of hydrogen-bond acceptors (Lipinski definition) is 1. The van der Waals surface area contributed by atoms with Crippen molar-refractivity contribution in [3.8, 4) is 0 Å². The standard InChI is InChI=1S/C19H23BrN2S/c1-13(14-5-7-15(8-6-14)19(2,3)4)21-18(23)22-17-11-9-16(20)10-12-17/h5-13H,1-4H3,(H2,21,22,23)/t13-/m0/s1. The molecule has 122 valence electrons. The molecular formula is C19H23BrN2S. The number of anilines is 1. The van der Waals surface area contributed by atoms with E-state index in [1.165, 1.54) is 11.1 Å². The molecule has 0 bridgehead atoms. The number of thiocarbonyl (C=S) groups is 1. The van der Waals surface area contributed by atoms with Crippen LogP contribution in [0.5, 0.6) is 0 Å². The SMILES string of the molecule is C[C@H](NC(=S)Nc1ccc(Br)cc1)c1ccc(C(C)(C)C)cc1. The Bertz CT molecular complexity index is 657. The molecule has 0 heterocycles. The summed E-state index contributed by atoms with van der Waals surface area (Å²) in [6.07, 6.45) is 0. The Morgan fingerprint density at radius 2 is 1.57 bits per heavy atom. The number of hydrogen-bond donors (Lipinski definition) is 2. The third-order valence-corrected chi connectivity index (χ3v) is 4.47. The largest absolute Gasteiger partial charge is 0.356 e. The van der Waals surface area contributed by atoms with Crippen molar-refractivity contribution in [1.29, 1.82) is 0 Å². The van der Waals surface area contributed by atoms with Gasteiger partial charge in [-0.15, -0.1) is 0 Å². The summed E-state index contributed by atoms with van der Waals surface area (Å²) in [6, 6.07) is 16.8. The molecule has 2 aromatic rings. The van der Waals surface area contributed by atoms with Crippen LogP contribution in [0.15, 0.2) is 53.0 Å². The van der Waals surface area contributed by atoms with Crippen molar-refractivity contribution < 1.29 is 0 Å². The van der Waals surface area contributed by atoms with Crippen LogP contribution in [0.3, 0.4) is 0 Å². The molecule has 2 nitrogen and oxygen atoms in total. The Hall–Kier alpha value is -1.39. The van der Waals surface area contributed by atoms with Gasteiger partial charge in [0.1, 0.15) is 0 Å². The van der Waals surface area contributed by atoms with Crippen LogP contribution >= 0.6 is 28.1 Å². The minimum atomic E-state index is 0.152. The lowest BCUT2D eigenvalue weighted by Crippen LogP contribution is -2.30. The molecular weight excluding hydrogens is 368 g/mol. The fourth-order valence-corrected chi connectivity index (χ4v) is 2.81.